The Morgan fingerprint density at radius 3 is 2.83 bits per heavy atom. The summed E-state index contributed by atoms with van der Waals surface area (Å²) in [6.07, 6.45) is 0. The molecular weight excluding hydrogens is 228 g/mol. The van der Waals surface area contributed by atoms with Crippen molar-refractivity contribution < 1.29 is 5.11 Å². The Hall–Kier alpha value is -2.27. The molecule has 2 aromatic heterocycles. The molecule has 0 saturated carbocycles. The molecule has 0 fully saturated rings. The summed E-state index contributed by atoms with van der Waals surface area (Å²) in [6, 6.07) is 9.02. The molecule has 0 radical (unpaired) electrons. The molecule has 5 heteroatoms. The van der Waals surface area contributed by atoms with Crippen molar-refractivity contribution in [3.63, 3.8) is 0 Å². The summed E-state index contributed by atoms with van der Waals surface area (Å²) < 4.78 is 0. The summed E-state index contributed by atoms with van der Waals surface area (Å²) in [5, 5.41) is 17.5. The topological polar surface area (TPSA) is 90.7 Å². The van der Waals surface area contributed by atoms with Crippen LogP contribution < -0.4 is 5.73 Å². The van der Waals surface area contributed by atoms with E-state index >= 15 is 0 Å². The van der Waals surface area contributed by atoms with E-state index < -0.39 is 0 Å². The molecule has 1 aromatic carbocycles. The second kappa shape index (κ2) is 3.89. The SMILES string of the molecule is C[C@H](N)c1cc(-c2cc3cc(O)ccc3[nH]2)n[nH]1. The third kappa shape index (κ3) is 1.74. The van der Waals surface area contributed by atoms with Gasteiger partial charge in [0, 0.05) is 16.9 Å². The molecule has 3 rings (SSSR count). The highest BCUT2D eigenvalue weighted by atomic mass is 16.3. The maximum atomic E-state index is 9.43. The van der Waals surface area contributed by atoms with Crippen molar-refractivity contribution >= 4 is 10.9 Å². The quantitative estimate of drug-likeness (QED) is 0.555. The summed E-state index contributed by atoms with van der Waals surface area (Å²) >= 11 is 0. The molecule has 0 saturated heterocycles. The smallest absolute Gasteiger partial charge is 0.116 e. The van der Waals surface area contributed by atoms with Crippen LogP contribution in [0.3, 0.4) is 0 Å². The predicted octanol–water partition coefficient (Wildman–Crippen LogP) is 2.28. The lowest BCUT2D eigenvalue weighted by atomic mass is 10.2. The van der Waals surface area contributed by atoms with Crippen LogP contribution >= 0.6 is 0 Å². The third-order valence-corrected chi connectivity index (χ3v) is 2.97. The number of nitrogens with one attached hydrogen (secondary N) is 2. The van der Waals surface area contributed by atoms with E-state index in [0.717, 1.165) is 28.0 Å². The van der Waals surface area contributed by atoms with Gasteiger partial charge in [0.2, 0.25) is 0 Å². The van der Waals surface area contributed by atoms with E-state index in [1.54, 1.807) is 12.1 Å². The van der Waals surface area contributed by atoms with Gasteiger partial charge in [-0.05, 0) is 37.3 Å². The average molecular weight is 242 g/mol. The molecule has 5 N–H and O–H groups in total. The van der Waals surface area contributed by atoms with E-state index in [1.165, 1.54) is 0 Å². The molecule has 1 atom stereocenters. The number of hydrogen-bond donors (Lipinski definition) is 4. The average Bonchev–Trinajstić information content (AvgIpc) is 2.93. The molecule has 0 bridgehead atoms. The first-order valence-electron chi connectivity index (χ1n) is 5.76. The molecule has 92 valence electrons. The molecule has 0 unspecified atom stereocenters. The van der Waals surface area contributed by atoms with Gasteiger partial charge in [-0.1, -0.05) is 0 Å². The summed E-state index contributed by atoms with van der Waals surface area (Å²) in [6.45, 7) is 1.90. The number of hydrogen-bond acceptors (Lipinski definition) is 3. The fourth-order valence-electron chi connectivity index (χ4n) is 1.97. The fraction of sp³-hybridized carbons (Fsp3) is 0.154. The molecule has 3 aromatic rings. The number of phenols is 1. The molecule has 5 nitrogen and oxygen atoms in total. The van der Waals surface area contributed by atoms with Gasteiger partial charge < -0.3 is 15.8 Å². The van der Waals surface area contributed by atoms with Crippen molar-refractivity contribution in [1.82, 2.24) is 15.2 Å². The van der Waals surface area contributed by atoms with Crippen molar-refractivity contribution in [2.24, 2.45) is 5.73 Å². The first-order valence-corrected chi connectivity index (χ1v) is 5.76. The van der Waals surface area contributed by atoms with E-state index in [9.17, 15) is 5.11 Å². The number of H-pyrrole nitrogens is 2. The third-order valence-electron chi connectivity index (χ3n) is 2.97. The molecule has 0 spiro atoms. The van der Waals surface area contributed by atoms with Crippen molar-refractivity contribution in [2.45, 2.75) is 13.0 Å². The Labute approximate surface area is 104 Å². The first kappa shape index (κ1) is 10.9. The van der Waals surface area contributed by atoms with Crippen LogP contribution in [0.2, 0.25) is 0 Å². The Morgan fingerprint density at radius 2 is 2.11 bits per heavy atom. The van der Waals surface area contributed by atoms with Gasteiger partial charge in [-0.3, -0.25) is 5.10 Å². The van der Waals surface area contributed by atoms with Gasteiger partial charge >= 0.3 is 0 Å². The van der Waals surface area contributed by atoms with Crippen LogP contribution in [0.5, 0.6) is 5.75 Å². The molecule has 18 heavy (non-hydrogen) atoms. The summed E-state index contributed by atoms with van der Waals surface area (Å²) in [5.74, 6) is 0.256. The Balaban J connectivity index is 2.07. The fourth-order valence-corrected chi connectivity index (χ4v) is 1.97. The number of benzene rings is 1. The van der Waals surface area contributed by atoms with Crippen LogP contribution in [0.25, 0.3) is 22.3 Å². The van der Waals surface area contributed by atoms with Gasteiger partial charge in [0.1, 0.15) is 11.4 Å². The molecule has 0 aliphatic heterocycles. The standard InChI is InChI=1S/C13H14N4O/c1-7(14)11-6-13(17-16-11)12-5-8-4-9(18)2-3-10(8)15-12/h2-7,15,18H,14H2,1H3,(H,16,17)/t7-/m0/s1. The van der Waals surface area contributed by atoms with Crippen molar-refractivity contribution in [2.75, 3.05) is 0 Å². The lowest BCUT2D eigenvalue weighted by Gasteiger charge is -1.96. The van der Waals surface area contributed by atoms with E-state index in [2.05, 4.69) is 15.2 Å². The number of nitrogens with zero attached hydrogens (tertiary/aromatic N) is 1. The Bertz CT molecular complexity index is 696. The predicted molar refractivity (Wildman–Crippen MR) is 70.1 cm³/mol. The number of aromatic hydroxyl groups is 1. The highest BCUT2D eigenvalue weighted by Crippen LogP contribution is 2.26. The van der Waals surface area contributed by atoms with Crippen LogP contribution in [0.1, 0.15) is 18.7 Å². The van der Waals surface area contributed by atoms with Gasteiger partial charge in [0.15, 0.2) is 0 Å². The highest BCUT2D eigenvalue weighted by Gasteiger charge is 2.09. The van der Waals surface area contributed by atoms with E-state index in [-0.39, 0.29) is 11.8 Å². The zero-order chi connectivity index (χ0) is 12.7. The van der Waals surface area contributed by atoms with E-state index in [1.807, 2.05) is 25.1 Å². The molecular formula is C13H14N4O. The number of aromatic amines is 2. The summed E-state index contributed by atoms with van der Waals surface area (Å²) in [5.41, 5.74) is 9.37. The van der Waals surface area contributed by atoms with Crippen LogP contribution in [0, 0.1) is 0 Å². The van der Waals surface area contributed by atoms with Crippen molar-refractivity contribution in [3.8, 4) is 17.1 Å². The lowest BCUT2D eigenvalue weighted by Crippen LogP contribution is -2.04. The number of phenolic OH excluding ortho intramolecular Hbond substituents is 1. The second-order valence-corrected chi connectivity index (χ2v) is 4.45. The lowest BCUT2D eigenvalue weighted by molar-refractivity contribution is 0.476. The molecule has 0 aliphatic carbocycles. The highest BCUT2D eigenvalue weighted by molar-refractivity contribution is 5.86. The number of aromatic nitrogens is 3. The largest absolute Gasteiger partial charge is 0.508 e. The second-order valence-electron chi connectivity index (χ2n) is 4.45. The molecule has 0 amide bonds. The maximum absolute atomic E-state index is 9.43. The summed E-state index contributed by atoms with van der Waals surface area (Å²) in [7, 11) is 0. The zero-order valence-electron chi connectivity index (χ0n) is 9.94. The minimum atomic E-state index is -0.0697. The molecule has 2 heterocycles. The van der Waals surface area contributed by atoms with E-state index in [4.69, 9.17) is 5.73 Å². The monoisotopic (exact) mass is 242 g/mol. The van der Waals surface area contributed by atoms with Crippen LogP contribution in [-0.4, -0.2) is 20.3 Å². The Kier molecular flexibility index (Phi) is 2.34. The van der Waals surface area contributed by atoms with Gasteiger partial charge in [0.25, 0.3) is 0 Å². The first-order chi connectivity index (χ1) is 8.63. The normalized spacial score (nSPS) is 13.0. The zero-order valence-corrected chi connectivity index (χ0v) is 9.94. The number of nitrogens with two attached hydrogens (primary N) is 1. The van der Waals surface area contributed by atoms with Crippen molar-refractivity contribution in [1.29, 1.82) is 0 Å². The summed E-state index contributed by atoms with van der Waals surface area (Å²) in [4.78, 5) is 3.26. The van der Waals surface area contributed by atoms with Gasteiger partial charge in [-0.15, -0.1) is 0 Å². The molecule has 0 aliphatic rings. The minimum Gasteiger partial charge on any atom is -0.508 e. The van der Waals surface area contributed by atoms with Gasteiger partial charge in [0.05, 0.1) is 11.4 Å². The van der Waals surface area contributed by atoms with Gasteiger partial charge in [-0.2, -0.15) is 5.10 Å². The minimum absolute atomic E-state index is 0.0697. The number of rotatable bonds is 2. The number of fused-ring (bicyclic) bond motifs is 1. The van der Waals surface area contributed by atoms with Crippen LogP contribution in [0.15, 0.2) is 30.3 Å². The van der Waals surface area contributed by atoms with E-state index in [0.29, 0.717) is 0 Å². The maximum Gasteiger partial charge on any atom is 0.116 e. The Morgan fingerprint density at radius 1 is 1.28 bits per heavy atom. The van der Waals surface area contributed by atoms with Crippen LogP contribution in [0.4, 0.5) is 0 Å². The van der Waals surface area contributed by atoms with Crippen molar-refractivity contribution in [3.05, 3.63) is 36.0 Å². The van der Waals surface area contributed by atoms with Crippen LogP contribution in [-0.2, 0) is 0 Å². The van der Waals surface area contributed by atoms with Gasteiger partial charge in [-0.25, -0.2) is 0 Å².